The van der Waals surface area contributed by atoms with Crippen molar-refractivity contribution >= 4 is 5.69 Å². The van der Waals surface area contributed by atoms with Crippen LogP contribution in [0.4, 0.5) is 5.69 Å². The van der Waals surface area contributed by atoms with Gasteiger partial charge in [-0.25, -0.2) is 4.98 Å². The average Bonchev–Trinajstić information content (AvgIpc) is 3.14. The average molecular weight is 368 g/mol. The monoisotopic (exact) mass is 368 g/mol. The van der Waals surface area contributed by atoms with Crippen LogP contribution in [0.1, 0.15) is 23.7 Å². The van der Waals surface area contributed by atoms with E-state index in [-0.39, 0.29) is 23.0 Å². The maximum atomic E-state index is 11.5. The second-order valence-electron chi connectivity index (χ2n) is 6.36. The first-order chi connectivity index (χ1) is 12.9. The van der Waals surface area contributed by atoms with Gasteiger partial charge in [-0.15, -0.1) is 0 Å². The highest BCUT2D eigenvalue weighted by molar-refractivity contribution is 5.49. The van der Waals surface area contributed by atoms with Crippen LogP contribution < -0.4 is 5.32 Å². The summed E-state index contributed by atoms with van der Waals surface area (Å²) in [6, 6.07) is 12.2. The number of hydrogen-bond acceptors (Lipinski definition) is 6. The molecule has 0 bridgehead atoms. The van der Waals surface area contributed by atoms with Gasteiger partial charge in [0.15, 0.2) is 5.72 Å². The molecule has 8 nitrogen and oxygen atoms in total. The van der Waals surface area contributed by atoms with E-state index < -0.39 is 10.6 Å². The molecule has 0 amide bonds. The molecule has 0 aliphatic rings. The molecule has 3 aromatic rings. The Morgan fingerprint density at radius 2 is 2.04 bits per heavy atom. The van der Waals surface area contributed by atoms with Crippen molar-refractivity contribution in [3.63, 3.8) is 0 Å². The topological polar surface area (TPSA) is 124 Å². The SMILES string of the molecule is C[C@H](Cc1cnc[nH]1)NC(O)(c1ccccc1)c1ccc([N+](=O)[O-])cc1O. The van der Waals surface area contributed by atoms with Crippen LogP contribution in [0.2, 0.25) is 0 Å². The number of hydrogen-bond donors (Lipinski definition) is 4. The number of H-pyrrole nitrogens is 1. The Bertz CT molecular complexity index is 915. The summed E-state index contributed by atoms with van der Waals surface area (Å²) in [4.78, 5) is 17.3. The summed E-state index contributed by atoms with van der Waals surface area (Å²) >= 11 is 0. The van der Waals surface area contributed by atoms with E-state index in [1.54, 1.807) is 36.8 Å². The summed E-state index contributed by atoms with van der Waals surface area (Å²) < 4.78 is 0. The van der Waals surface area contributed by atoms with Gasteiger partial charge < -0.3 is 15.2 Å². The molecule has 1 aromatic heterocycles. The molecular weight excluding hydrogens is 348 g/mol. The van der Waals surface area contributed by atoms with Gasteiger partial charge in [0.1, 0.15) is 5.75 Å². The van der Waals surface area contributed by atoms with Gasteiger partial charge in [-0.05, 0) is 13.0 Å². The van der Waals surface area contributed by atoms with E-state index in [1.165, 1.54) is 12.1 Å². The number of nitrogens with one attached hydrogen (secondary N) is 2. The first-order valence-electron chi connectivity index (χ1n) is 8.41. The number of imidazole rings is 1. The lowest BCUT2D eigenvalue weighted by molar-refractivity contribution is -0.385. The van der Waals surface area contributed by atoms with E-state index in [0.29, 0.717) is 12.0 Å². The van der Waals surface area contributed by atoms with Crippen molar-refractivity contribution in [1.82, 2.24) is 15.3 Å². The fraction of sp³-hybridized carbons (Fsp3) is 0.211. The van der Waals surface area contributed by atoms with E-state index in [1.807, 2.05) is 13.0 Å². The molecule has 8 heteroatoms. The summed E-state index contributed by atoms with van der Waals surface area (Å²) in [7, 11) is 0. The van der Waals surface area contributed by atoms with E-state index in [9.17, 15) is 20.3 Å². The Morgan fingerprint density at radius 3 is 2.63 bits per heavy atom. The number of aliphatic hydroxyl groups is 1. The summed E-state index contributed by atoms with van der Waals surface area (Å²) in [5, 5.41) is 36.0. The lowest BCUT2D eigenvalue weighted by Crippen LogP contribution is -2.48. The minimum absolute atomic E-state index is 0.135. The summed E-state index contributed by atoms with van der Waals surface area (Å²) in [6.45, 7) is 1.89. The van der Waals surface area contributed by atoms with Crippen LogP contribution in [-0.2, 0) is 12.1 Å². The zero-order valence-electron chi connectivity index (χ0n) is 14.7. The van der Waals surface area contributed by atoms with Gasteiger partial charge in [0.2, 0.25) is 0 Å². The van der Waals surface area contributed by atoms with Crippen LogP contribution in [0.25, 0.3) is 0 Å². The van der Waals surface area contributed by atoms with Gasteiger partial charge >= 0.3 is 0 Å². The maximum Gasteiger partial charge on any atom is 0.273 e. The Labute approximate surface area is 155 Å². The number of benzene rings is 2. The Hall–Kier alpha value is -3.23. The maximum absolute atomic E-state index is 11.5. The zero-order valence-corrected chi connectivity index (χ0v) is 14.7. The van der Waals surface area contributed by atoms with Crippen molar-refractivity contribution in [1.29, 1.82) is 0 Å². The molecule has 0 aliphatic carbocycles. The highest BCUT2D eigenvalue weighted by Crippen LogP contribution is 2.35. The van der Waals surface area contributed by atoms with Crippen LogP contribution in [0.5, 0.6) is 5.75 Å². The van der Waals surface area contributed by atoms with Crippen molar-refractivity contribution in [3.8, 4) is 5.75 Å². The number of aromatic nitrogens is 2. The van der Waals surface area contributed by atoms with Crippen molar-refractivity contribution in [2.75, 3.05) is 0 Å². The molecular formula is C19H20N4O4. The zero-order chi connectivity index (χ0) is 19.4. The Balaban J connectivity index is 1.99. The lowest BCUT2D eigenvalue weighted by Gasteiger charge is -2.34. The van der Waals surface area contributed by atoms with Crippen molar-refractivity contribution in [2.45, 2.75) is 25.1 Å². The third-order valence-corrected chi connectivity index (χ3v) is 4.31. The number of non-ortho nitro benzene ring substituents is 1. The van der Waals surface area contributed by atoms with Gasteiger partial charge in [-0.3, -0.25) is 15.4 Å². The van der Waals surface area contributed by atoms with Crippen molar-refractivity contribution in [2.24, 2.45) is 0 Å². The molecule has 4 N–H and O–H groups in total. The summed E-state index contributed by atoms with van der Waals surface area (Å²) in [5.41, 5.74) is -0.461. The fourth-order valence-corrected chi connectivity index (χ4v) is 3.07. The number of phenols is 1. The minimum Gasteiger partial charge on any atom is -0.507 e. The predicted molar refractivity (Wildman–Crippen MR) is 99.1 cm³/mol. The fourth-order valence-electron chi connectivity index (χ4n) is 3.07. The van der Waals surface area contributed by atoms with Crippen molar-refractivity contribution < 1.29 is 15.1 Å². The van der Waals surface area contributed by atoms with E-state index in [0.717, 1.165) is 11.8 Å². The molecule has 1 heterocycles. The Kier molecular flexibility index (Phi) is 5.20. The molecule has 0 spiro atoms. The van der Waals surface area contributed by atoms with Crippen LogP contribution in [0.3, 0.4) is 0 Å². The standard InChI is InChI=1S/C19H20N4O4/c1-13(9-15-11-20-12-21-15)22-19(25,14-5-3-2-4-6-14)17-8-7-16(23(26)27)10-18(17)24/h2-8,10-13,22,24-25H,9H2,1H3,(H,20,21)/t13-,19?/m1/s1. The number of nitrogens with zero attached hydrogens (tertiary/aromatic N) is 2. The third-order valence-electron chi connectivity index (χ3n) is 4.31. The van der Waals surface area contributed by atoms with E-state index in [2.05, 4.69) is 15.3 Å². The molecule has 0 fully saturated rings. The number of rotatable bonds is 7. The van der Waals surface area contributed by atoms with Crippen LogP contribution in [-0.4, -0.2) is 31.1 Å². The minimum atomic E-state index is -1.74. The predicted octanol–water partition coefficient (Wildman–Crippen LogP) is 2.44. The first-order valence-corrected chi connectivity index (χ1v) is 8.41. The highest BCUT2D eigenvalue weighted by Gasteiger charge is 2.36. The smallest absolute Gasteiger partial charge is 0.273 e. The quantitative estimate of drug-likeness (QED) is 0.288. The molecule has 0 saturated carbocycles. The van der Waals surface area contributed by atoms with Gasteiger partial charge in [-0.1, -0.05) is 30.3 Å². The summed E-state index contributed by atoms with van der Waals surface area (Å²) in [5.74, 6) is -0.364. The number of nitro benzene ring substituents is 1. The van der Waals surface area contributed by atoms with Crippen LogP contribution >= 0.6 is 0 Å². The van der Waals surface area contributed by atoms with Gasteiger partial charge in [0, 0.05) is 41.5 Å². The highest BCUT2D eigenvalue weighted by atomic mass is 16.6. The number of aromatic amines is 1. The van der Waals surface area contributed by atoms with Gasteiger partial charge in [0.05, 0.1) is 17.3 Å². The normalized spacial score (nSPS) is 14.4. The Morgan fingerprint density at radius 1 is 1.30 bits per heavy atom. The molecule has 0 aliphatic heterocycles. The number of phenolic OH excluding ortho intramolecular Hbond substituents is 1. The second-order valence-corrected chi connectivity index (χ2v) is 6.36. The molecule has 2 aromatic carbocycles. The van der Waals surface area contributed by atoms with Gasteiger partial charge in [0.25, 0.3) is 5.69 Å². The summed E-state index contributed by atoms with van der Waals surface area (Å²) in [6.07, 6.45) is 3.83. The van der Waals surface area contributed by atoms with Crippen LogP contribution in [0.15, 0.2) is 61.1 Å². The van der Waals surface area contributed by atoms with Crippen LogP contribution in [0, 0.1) is 10.1 Å². The number of nitro groups is 1. The molecule has 0 radical (unpaired) electrons. The second kappa shape index (κ2) is 7.56. The first kappa shape index (κ1) is 18.6. The molecule has 3 rings (SSSR count). The molecule has 27 heavy (non-hydrogen) atoms. The molecule has 0 saturated heterocycles. The number of aromatic hydroxyl groups is 1. The molecule has 1 unspecified atom stereocenters. The van der Waals surface area contributed by atoms with Crippen molar-refractivity contribution in [3.05, 3.63) is 88.0 Å². The van der Waals surface area contributed by atoms with E-state index >= 15 is 0 Å². The van der Waals surface area contributed by atoms with E-state index in [4.69, 9.17) is 0 Å². The molecule has 140 valence electrons. The largest absolute Gasteiger partial charge is 0.507 e. The molecule has 2 atom stereocenters. The van der Waals surface area contributed by atoms with Gasteiger partial charge in [-0.2, -0.15) is 0 Å². The third kappa shape index (κ3) is 3.97. The lowest BCUT2D eigenvalue weighted by atomic mass is 9.92.